The molecule has 2 aliphatic rings. The molecule has 1 spiro atoms. The zero-order valence-electron chi connectivity index (χ0n) is 12.2. The maximum atomic E-state index is 12.1. The van der Waals surface area contributed by atoms with Crippen molar-refractivity contribution in [2.45, 2.75) is 64.0 Å². The molecule has 6 nitrogen and oxygen atoms in total. The summed E-state index contributed by atoms with van der Waals surface area (Å²) in [6.07, 6.45) is 5.06. The predicted octanol–water partition coefficient (Wildman–Crippen LogP) is 1.16. The Balaban J connectivity index is 2.09. The molecule has 0 aromatic carbocycles. The summed E-state index contributed by atoms with van der Waals surface area (Å²) in [5.41, 5.74) is -0.790. The maximum Gasteiger partial charge on any atom is 0.325 e. The standard InChI is InChI=1S/C14H23N3O3/c1-3-10(2)15-11(18)9-17-13(20)16-12(19)14(17)7-5-4-6-8-14/h10H,3-9H2,1-2H3,(H,15,18)(H,16,19,20). The van der Waals surface area contributed by atoms with Crippen LogP contribution in [0.5, 0.6) is 0 Å². The summed E-state index contributed by atoms with van der Waals surface area (Å²) in [6, 6.07) is -0.359. The van der Waals surface area contributed by atoms with Crippen LogP contribution in [0.15, 0.2) is 0 Å². The number of carbonyl (C=O) groups excluding carboxylic acids is 3. The van der Waals surface area contributed by atoms with Gasteiger partial charge in [0.05, 0.1) is 0 Å². The number of hydrogen-bond donors (Lipinski definition) is 2. The topological polar surface area (TPSA) is 78.5 Å². The van der Waals surface area contributed by atoms with Crippen molar-refractivity contribution in [2.75, 3.05) is 6.54 Å². The third-order valence-corrected chi connectivity index (χ3v) is 4.41. The van der Waals surface area contributed by atoms with Crippen LogP contribution >= 0.6 is 0 Å². The molecular weight excluding hydrogens is 258 g/mol. The van der Waals surface area contributed by atoms with Gasteiger partial charge in [-0.2, -0.15) is 0 Å². The van der Waals surface area contributed by atoms with Crippen molar-refractivity contribution in [3.05, 3.63) is 0 Å². The average molecular weight is 281 g/mol. The van der Waals surface area contributed by atoms with E-state index in [1.54, 1.807) is 0 Å². The van der Waals surface area contributed by atoms with Gasteiger partial charge in [-0.05, 0) is 26.2 Å². The third kappa shape index (κ3) is 2.64. The molecule has 0 radical (unpaired) electrons. The third-order valence-electron chi connectivity index (χ3n) is 4.41. The van der Waals surface area contributed by atoms with Crippen molar-refractivity contribution in [1.82, 2.24) is 15.5 Å². The quantitative estimate of drug-likeness (QED) is 0.759. The van der Waals surface area contributed by atoms with Crippen molar-refractivity contribution in [3.63, 3.8) is 0 Å². The average Bonchev–Trinajstić information content (AvgIpc) is 2.64. The first kappa shape index (κ1) is 14.8. The molecule has 1 heterocycles. The van der Waals surface area contributed by atoms with E-state index >= 15 is 0 Å². The van der Waals surface area contributed by atoms with Crippen LogP contribution in [0.4, 0.5) is 4.79 Å². The monoisotopic (exact) mass is 281 g/mol. The summed E-state index contributed by atoms with van der Waals surface area (Å²) in [6.45, 7) is 3.87. The van der Waals surface area contributed by atoms with Crippen molar-refractivity contribution in [2.24, 2.45) is 0 Å². The molecule has 112 valence electrons. The predicted molar refractivity (Wildman–Crippen MR) is 74.0 cm³/mol. The van der Waals surface area contributed by atoms with Gasteiger partial charge >= 0.3 is 6.03 Å². The molecule has 0 aromatic rings. The minimum Gasteiger partial charge on any atom is -0.352 e. The lowest BCUT2D eigenvalue weighted by Crippen LogP contribution is -2.54. The number of hydrogen-bond acceptors (Lipinski definition) is 3. The lowest BCUT2D eigenvalue weighted by atomic mass is 9.80. The zero-order chi connectivity index (χ0) is 14.8. The van der Waals surface area contributed by atoms with Crippen LogP contribution in [0.2, 0.25) is 0 Å². The fraction of sp³-hybridized carbons (Fsp3) is 0.786. The number of carbonyl (C=O) groups is 3. The lowest BCUT2D eigenvalue weighted by molar-refractivity contribution is -0.130. The van der Waals surface area contributed by atoms with Crippen molar-refractivity contribution in [1.29, 1.82) is 0 Å². The molecule has 1 saturated heterocycles. The Bertz CT molecular complexity index is 416. The number of nitrogens with zero attached hydrogens (tertiary/aromatic N) is 1. The van der Waals surface area contributed by atoms with E-state index in [4.69, 9.17) is 0 Å². The van der Waals surface area contributed by atoms with E-state index in [9.17, 15) is 14.4 Å². The highest BCUT2D eigenvalue weighted by molar-refractivity contribution is 6.08. The first-order valence-electron chi connectivity index (χ1n) is 7.42. The normalized spacial score (nSPS) is 22.8. The van der Waals surface area contributed by atoms with Crippen molar-refractivity contribution >= 4 is 17.8 Å². The smallest absolute Gasteiger partial charge is 0.325 e. The van der Waals surface area contributed by atoms with E-state index in [0.29, 0.717) is 12.8 Å². The molecule has 20 heavy (non-hydrogen) atoms. The van der Waals surface area contributed by atoms with Gasteiger partial charge in [-0.3, -0.25) is 14.9 Å². The Morgan fingerprint density at radius 3 is 2.60 bits per heavy atom. The van der Waals surface area contributed by atoms with Crippen LogP contribution in [0.25, 0.3) is 0 Å². The van der Waals surface area contributed by atoms with Crippen molar-refractivity contribution < 1.29 is 14.4 Å². The number of rotatable bonds is 4. The molecule has 4 amide bonds. The summed E-state index contributed by atoms with van der Waals surface area (Å²) >= 11 is 0. The minimum absolute atomic E-state index is 0.0398. The van der Waals surface area contributed by atoms with E-state index in [2.05, 4.69) is 10.6 Å². The molecule has 1 aliphatic carbocycles. The van der Waals surface area contributed by atoms with Crippen LogP contribution < -0.4 is 10.6 Å². The second-order valence-electron chi connectivity index (χ2n) is 5.81. The SMILES string of the molecule is CCC(C)NC(=O)CN1C(=O)NC(=O)C12CCCCC2. The van der Waals surface area contributed by atoms with Crippen LogP contribution in [0.1, 0.15) is 52.4 Å². The maximum absolute atomic E-state index is 12.1. The first-order valence-corrected chi connectivity index (χ1v) is 7.42. The van der Waals surface area contributed by atoms with Gasteiger partial charge in [0.15, 0.2) is 0 Å². The molecule has 1 saturated carbocycles. The van der Waals surface area contributed by atoms with Gasteiger partial charge in [0, 0.05) is 6.04 Å². The van der Waals surface area contributed by atoms with Gasteiger partial charge in [-0.15, -0.1) is 0 Å². The van der Waals surface area contributed by atoms with Gasteiger partial charge in [0.2, 0.25) is 5.91 Å². The number of imide groups is 1. The van der Waals surface area contributed by atoms with Crippen LogP contribution in [-0.4, -0.2) is 40.9 Å². The van der Waals surface area contributed by atoms with Crippen LogP contribution in [0, 0.1) is 0 Å². The summed E-state index contributed by atoms with van der Waals surface area (Å²) in [4.78, 5) is 37.5. The summed E-state index contributed by atoms with van der Waals surface area (Å²) in [7, 11) is 0. The lowest BCUT2D eigenvalue weighted by Gasteiger charge is -2.37. The second kappa shape index (κ2) is 5.81. The minimum atomic E-state index is -0.790. The molecule has 2 fully saturated rings. The van der Waals surface area contributed by atoms with Gasteiger partial charge < -0.3 is 10.2 Å². The van der Waals surface area contributed by atoms with Crippen molar-refractivity contribution in [3.8, 4) is 0 Å². The number of amides is 4. The largest absolute Gasteiger partial charge is 0.352 e. The number of urea groups is 1. The molecule has 2 rings (SSSR count). The van der Waals surface area contributed by atoms with E-state index in [0.717, 1.165) is 25.7 Å². The Hall–Kier alpha value is -1.59. The molecule has 1 unspecified atom stereocenters. The summed E-state index contributed by atoms with van der Waals surface area (Å²) in [5.74, 6) is -0.437. The molecule has 1 atom stereocenters. The van der Waals surface area contributed by atoms with E-state index in [1.807, 2.05) is 13.8 Å². The van der Waals surface area contributed by atoms with Crippen LogP contribution in [-0.2, 0) is 9.59 Å². The molecular formula is C14H23N3O3. The van der Waals surface area contributed by atoms with E-state index < -0.39 is 11.6 Å². The molecule has 1 aliphatic heterocycles. The summed E-state index contributed by atoms with van der Waals surface area (Å²) < 4.78 is 0. The molecule has 0 aromatic heterocycles. The molecule has 6 heteroatoms. The highest BCUT2D eigenvalue weighted by Crippen LogP contribution is 2.36. The fourth-order valence-corrected chi connectivity index (χ4v) is 3.02. The highest BCUT2D eigenvalue weighted by Gasteiger charge is 2.53. The Labute approximate surface area is 119 Å². The Kier molecular flexibility index (Phi) is 4.30. The molecule has 2 N–H and O–H groups in total. The van der Waals surface area contributed by atoms with Gasteiger partial charge in [-0.1, -0.05) is 26.2 Å². The van der Waals surface area contributed by atoms with E-state index in [1.165, 1.54) is 4.90 Å². The Morgan fingerprint density at radius 2 is 2.00 bits per heavy atom. The first-order chi connectivity index (χ1) is 9.49. The fourth-order valence-electron chi connectivity index (χ4n) is 3.02. The van der Waals surface area contributed by atoms with Gasteiger partial charge in [0.25, 0.3) is 5.91 Å². The van der Waals surface area contributed by atoms with Crippen LogP contribution in [0.3, 0.4) is 0 Å². The molecule has 0 bridgehead atoms. The second-order valence-corrected chi connectivity index (χ2v) is 5.81. The van der Waals surface area contributed by atoms with Gasteiger partial charge in [-0.25, -0.2) is 4.79 Å². The Morgan fingerprint density at radius 1 is 1.35 bits per heavy atom. The highest BCUT2D eigenvalue weighted by atomic mass is 16.2. The number of nitrogens with one attached hydrogen (secondary N) is 2. The van der Waals surface area contributed by atoms with E-state index in [-0.39, 0.29) is 24.4 Å². The van der Waals surface area contributed by atoms with Gasteiger partial charge in [0.1, 0.15) is 12.1 Å². The zero-order valence-corrected chi connectivity index (χ0v) is 12.2. The summed E-state index contributed by atoms with van der Waals surface area (Å²) in [5, 5.41) is 5.21.